The molecular formula is C14H12Cl2N2O2. The maximum absolute atomic E-state index is 11.8. The van der Waals surface area contributed by atoms with Crippen LogP contribution in [0.3, 0.4) is 0 Å². The number of nitrogens with one attached hydrogen (secondary N) is 1. The number of anilines is 2. The van der Waals surface area contributed by atoms with Gasteiger partial charge in [0, 0.05) is 5.02 Å². The van der Waals surface area contributed by atoms with Crippen LogP contribution in [0.5, 0.6) is 5.75 Å². The molecule has 20 heavy (non-hydrogen) atoms. The van der Waals surface area contributed by atoms with Gasteiger partial charge in [-0.05, 0) is 30.3 Å². The Balaban J connectivity index is 1.94. The second kappa shape index (κ2) is 6.50. The molecule has 0 radical (unpaired) electrons. The highest BCUT2D eigenvalue weighted by molar-refractivity contribution is 6.32. The average molecular weight is 311 g/mol. The van der Waals surface area contributed by atoms with E-state index in [1.807, 2.05) is 0 Å². The number of carbonyl (C=O) groups is 1. The van der Waals surface area contributed by atoms with Crippen molar-refractivity contribution in [1.82, 2.24) is 0 Å². The van der Waals surface area contributed by atoms with Crippen molar-refractivity contribution in [3.05, 3.63) is 52.5 Å². The minimum atomic E-state index is -0.334. The Hall–Kier alpha value is -1.91. The zero-order valence-electron chi connectivity index (χ0n) is 10.4. The monoisotopic (exact) mass is 310 g/mol. The number of rotatable bonds is 4. The molecular weight excluding hydrogens is 299 g/mol. The van der Waals surface area contributed by atoms with Gasteiger partial charge in [0.05, 0.1) is 16.4 Å². The molecule has 0 saturated carbocycles. The van der Waals surface area contributed by atoms with E-state index in [0.717, 1.165) is 0 Å². The quantitative estimate of drug-likeness (QED) is 0.848. The Morgan fingerprint density at radius 3 is 2.65 bits per heavy atom. The molecule has 0 atom stereocenters. The van der Waals surface area contributed by atoms with Gasteiger partial charge in [-0.25, -0.2) is 0 Å². The summed E-state index contributed by atoms with van der Waals surface area (Å²) >= 11 is 11.7. The van der Waals surface area contributed by atoms with E-state index in [2.05, 4.69) is 5.32 Å². The third-order valence-corrected chi connectivity index (χ3v) is 3.03. The Kier molecular flexibility index (Phi) is 4.71. The van der Waals surface area contributed by atoms with Crippen molar-refractivity contribution in [3.8, 4) is 5.75 Å². The molecule has 0 unspecified atom stereocenters. The molecule has 0 bridgehead atoms. The van der Waals surface area contributed by atoms with Crippen LogP contribution >= 0.6 is 23.2 Å². The fraction of sp³-hybridized carbons (Fsp3) is 0.0714. The van der Waals surface area contributed by atoms with Gasteiger partial charge in [-0.2, -0.15) is 0 Å². The molecule has 2 aromatic rings. The molecule has 0 fully saturated rings. The van der Waals surface area contributed by atoms with Crippen molar-refractivity contribution >= 4 is 40.5 Å². The van der Waals surface area contributed by atoms with Crippen LogP contribution < -0.4 is 15.8 Å². The maximum Gasteiger partial charge on any atom is 0.262 e. The summed E-state index contributed by atoms with van der Waals surface area (Å²) in [6.45, 7) is -0.161. The van der Waals surface area contributed by atoms with E-state index < -0.39 is 0 Å². The smallest absolute Gasteiger partial charge is 0.262 e. The van der Waals surface area contributed by atoms with E-state index in [1.165, 1.54) is 0 Å². The molecule has 0 aromatic heterocycles. The lowest BCUT2D eigenvalue weighted by atomic mass is 10.2. The molecule has 0 aliphatic carbocycles. The van der Waals surface area contributed by atoms with Crippen LogP contribution in [0, 0.1) is 0 Å². The number of hydrogen-bond acceptors (Lipinski definition) is 3. The second-order valence-corrected chi connectivity index (χ2v) is 4.84. The van der Waals surface area contributed by atoms with Crippen LogP contribution in [-0.2, 0) is 4.79 Å². The Morgan fingerprint density at radius 1 is 1.20 bits per heavy atom. The van der Waals surface area contributed by atoms with E-state index in [1.54, 1.807) is 42.5 Å². The number of halogens is 2. The Bertz CT molecular complexity index is 632. The van der Waals surface area contributed by atoms with Crippen LogP contribution in [0.1, 0.15) is 0 Å². The van der Waals surface area contributed by atoms with Gasteiger partial charge in [0.1, 0.15) is 5.75 Å². The van der Waals surface area contributed by atoms with Gasteiger partial charge >= 0.3 is 0 Å². The van der Waals surface area contributed by atoms with E-state index in [-0.39, 0.29) is 12.5 Å². The van der Waals surface area contributed by atoms with Crippen molar-refractivity contribution in [2.24, 2.45) is 0 Å². The molecule has 0 aliphatic rings. The minimum Gasteiger partial charge on any atom is -0.482 e. The molecule has 6 heteroatoms. The summed E-state index contributed by atoms with van der Waals surface area (Å²) in [4.78, 5) is 11.8. The topological polar surface area (TPSA) is 64.3 Å². The highest BCUT2D eigenvalue weighted by Gasteiger charge is 2.08. The largest absolute Gasteiger partial charge is 0.482 e. The van der Waals surface area contributed by atoms with Crippen molar-refractivity contribution in [2.75, 3.05) is 17.7 Å². The van der Waals surface area contributed by atoms with Crippen molar-refractivity contribution < 1.29 is 9.53 Å². The number of para-hydroxylation sites is 1. The predicted octanol–water partition coefficient (Wildman–Crippen LogP) is 3.59. The molecule has 2 rings (SSSR count). The minimum absolute atomic E-state index is 0.161. The van der Waals surface area contributed by atoms with Gasteiger partial charge in [-0.3, -0.25) is 4.79 Å². The van der Waals surface area contributed by atoms with Gasteiger partial charge in [-0.15, -0.1) is 0 Å². The van der Waals surface area contributed by atoms with Gasteiger partial charge in [-0.1, -0.05) is 35.3 Å². The molecule has 2 aromatic carbocycles. The average Bonchev–Trinajstić information content (AvgIpc) is 2.41. The van der Waals surface area contributed by atoms with Crippen LogP contribution in [0.15, 0.2) is 42.5 Å². The summed E-state index contributed by atoms with van der Waals surface area (Å²) in [6, 6.07) is 11.8. The molecule has 104 valence electrons. The zero-order valence-corrected chi connectivity index (χ0v) is 11.9. The van der Waals surface area contributed by atoms with Crippen LogP contribution in [0.4, 0.5) is 11.4 Å². The Labute approximate surface area is 126 Å². The third-order valence-electron chi connectivity index (χ3n) is 2.48. The zero-order chi connectivity index (χ0) is 14.5. The second-order valence-electron chi connectivity index (χ2n) is 4.00. The lowest BCUT2D eigenvalue weighted by molar-refractivity contribution is -0.118. The molecule has 3 N–H and O–H groups in total. The summed E-state index contributed by atoms with van der Waals surface area (Å²) in [6.07, 6.45) is 0. The van der Waals surface area contributed by atoms with Crippen molar-refractivity contribution in [2.45, 2.75) is 0 Å². The highest BCUT2D eigenvalue weighted by Crippen LogP contribution is 2.24. The first kappa shape index (κ1) is 14.5. The molecule has 1 amide bonds. The van der Waals surface area contributed by atoms with Crippen LogP contribution in [-0.4, -0.2) is 12.5 Å². The van der Waals surface area contributed by atoms with Gasteiger partial charge in [0.25, 0.3) is 5.91 Å². The van der Waals surface area contributed by atoms with Crippen molar-refractivity contribution in [1.29, 1.82) is 0 Å². The summed E-state index contributed by atoms with van der Waals surface area (Å²) < 4.78 is 5.32. The molecule has 0 saturated heterocycles. The summed E-state index contributed by atoms with van der Waals surface area (Å²) in [5.74, 6) is 0.118. The SMILES string of the molecule is Nc1cc(Cl)ccc1NC(=O)COc1ccccc1Cl. The first-order chi connectivity index (χ1) is 9.56. The molecule has 0 heterocycles. The summed E-state index contributed by atoms with van der Waals surface area (Å²) in [5.41, 5.74) is 6.62. The number of nitrogens with two attached hydrogens (primary N) is 1. The summed E-state index contributed by atoms with van der Waals surface area (Å²) in [7, 11) is 0. The van der Waals surface area contributed by atoms with Crippen LogP contribution in [0.2, 0.25) is 10.0 Å². The van der Waals surface area contributed by atoms with Crippen molar-refractivity contribution in [3.63, 3.8) is 0 Å². The van der Waals surface area contributed by atoms with Gasteiger partial charge in [0.15, 0.2) is 6.61 Å². The number of carbonyl (C=O) groups excluding carboxylic acids is 1. The molecule has 4 nitrogen and oxygen atoms in total. The third kappa shape index (κ3) is 3.79. The highest BCUT2D eigenvalue weighted by atomic mass is 35.5. The number of amides is 1. The van der Waals surface area contributed by atoms with Gasteiger partial charge < -0.3 is 15.8 Å². The molecule has 0 spiro atoms. The van der Waals surface area contributed by atoms with E-state index in [9.17, 15) is 4.79 Å². The molecule has 0 aliphatic heterocycles. The first-order valence-corrected chi connectivity index (χ1v) is 6.54. The summed E-state index contributed by atoms with van der Waals surface area (Å²) in [5, 5.41) is 3.59. The standard InChI is InChI=1S/C14H12Cl2N2O2/c15-9-5-6-12(11(17)7-9)18-14(19)8-20-13-4-2-1-3-10(13)16/h1-7H,8,17H2,(H,18,19). The van der Waals surface area contributed by atoms with E-state index in [0.29, 0.717) is 27.2 Å². The number of ether oxygens (including phenoxy) is 1. The number of benzene rings is 2. The van der Waals surface area contributed by atoms with E-state index in [4.69, 9.17) is 33.7 Å². The predicted molar refractivity (Wildman–Crippen MR) is 81.4 cm³/mol. The van der Waals surface area contributed by atoms with E-state index >= 15 is 0 Å². The normalized spacial score (nSPS) is 10.1. The lowest BCUT2D eigenvalue weighted by Crippen LogP contribution is -2.20. The maximum atomic E-state index is 11.8. The fourth-order valence-corrected chi connectivity index (χ4v) is 1.91. The fourth-order valence-electron chi connectivity index (χ4n) is 1.54. The number of nitrogen functional groups attached to an aromatic ring is 1. The lowest BCUT2D eigenvalue weighted by Gasteiger charge is -2.10. The van der Waals surface area contributed by atoms with Gasteiger partial charge in [0.2, 0.25) is 0 Å². The Morgan fingerprint density at radius 2 is 1.95 bits per heavy atom. The number of hydrogen-bond donors (Lipinski definition) is 2. The van der Waals surface area contributed by atoms with Crippen LogP contribution in [0.25, 0.3) is 0 Å². The first-order valence-electron chi connectivity index (χ1n) is 5.78.